The second-order valence-corrected chi connectivity index (χ2v) is 18.8. The normalized spacial score (nSPS) is 31.9. The Morgan fingerprint density at radius 3 is 2.27 bits per heavy atom. The molecule has 0 radical (unpaired) electrons. The molecule has 0 aromatic heterocycles. The van der Waals surface area contributed by atoms with Crippen LogP contribution in [0.15, 0.2) is 12.2 Å². The van der Waals surface area contributed by atoms with Crippen molar-refractivity contribution >= 4 is 11.9 Å². The summed E-state index contributed by atoms with van der Waals surface area (Å²) in [5, 5.41) is 18.1. The zero-order chi connectivity index (χ0) is 41.9. The Morgan fingerprint density at radius 2 is 1.59 bits per heavy atom. The van der Waals surface area contributed by atoms with E-state index in [1.807, 2.05) is 0 Å². The maximum absolute atomic E-state index is 14.2. The Bertz CT molecular complexity index is 1260. The van der Waals surface area contributed by atoms with Crippen molar-refractivity contribution < 1.29 is 33.8 Å². The second-order valence-electron chi connectivity index (χ2n) is 18.8. The van der Waals surface area contributed by atoms with Crippen molar-refractivity contribution in [1.29, 1.82) is 0 Å². The van der Waals surface area contributed by atoms with Crippen LogP contribution in [0.2, 0.25) is 0 Å². The number of nitrogens with zero attached hydrogens (tertiary/aromatic N) is 1. The van der Waals surface area contributed by atoms with E-state index in [-0.39, 0.29) is 48.1 Å². The highest BCUT2D eigenvalue weighted by Gasteiger charge is 2.67. The van der Waals surface area contributed by atoms with Crippen molar-refractivity contribution in [2.24, 2.45) is 17.4 Å². The molecule has 5 fully saturated rings. The molecule has 0 aliphatic carbocycles. The van der Waals surface area contributed by atoms with Gasteiger partial charge in [0.05, 0.1) is 31.0 Å². The van der Waals surface area contributed by atoms with Crippen LogP contribution in [0.25, 0.3) is 0 Å². The first-order valence-electron chi connectivity index (χ1n) is 24.7. The van der Waals surface area contributed by atoms with Crippen molar-refractivity contribution in [3.8, 4) is 0 Å². The summed E-state index contributed by atoms with van der Waals surface area (Å²) in [5.74, 6) is -0.223. The molecule has 0 aromatic rings. The summed E-state index contributed by atoms with van der Waals surface area (Å²) in [6.45, 7) is 6.83. The van der Waals surface area contributed by atoms with E-state index >= 15 is 0 Å². The number of nitrogens with two attached hydrogens (primary N) is 2. The highest BCUT2D eigenvalue weighted by Crippen LogP contribution is 2.43. The summed E-state index contributed by atoms with van der Waals surface area (Å²) in [6.07, 6.45) is 32.6. The van der Waals surface area contributed by atoms with Crippen LogP contribution >= 0.6 is 0 Å². The number of carbonyl (C=O) groups excluding carboxylic acids is 2. The molecule has 340 valence electrons. The fraction of sp³-hybridized carbons (Fsp3) is 0.915. The summed E-state index contributed by atoms with van der Waals surface area (Å²) in [6, 6.07) is 0.649. The van der Waals surface area contributed by atoms with Gasteiger partial charge in [-0.3, -0.25) is 9.59 Å². The molecule has 8 N–H and O–H groups in total. The summed E-state index contributed by atoms with van der Waals surface area (Å²) in [5.41, 5.74) is 10.2. The number of hydrogen-bond donors (Lipinski definition) is 6. The number of quaternary nitrogens is 1. The number of carbonyl (C=O) groups is 2. The van der Waals surface area contributed by atoms with E-state index in [9.17, 15) is 14.7 Å². The molecule has 5 aliphatic heterocycles. The third-order valence-corrected chi connectivity index (χ3v) is 14.1. The Hall–Kier alpha value is -1.64. The minimum atomic E-state index is -0.696. The lowest BCUT2D eigenvalue weighted by molar-refractivity contribution is -0.985. The van der Waals surface area contributed by atoms with E-state index in [0.29, 0.717) is 51.7 Å². The Kier molecular flexibility index (Phi) is 20.9. The van der Waals surface area contributed by atoms with Gasteiger partial charge < -0.3 is 40.6 Å². The zero-order valence-electron chi connectivity index (χ0n) is 37.4. The lowest BCUT2D eigenvalue weighted by atomic mass is 9.79. The number of aliphatic hydroxyl groups excluding tert-OH is 1. The van der Waals surface area contributed by atoms with Gasteiger partial charge in [-0.25, -0.2) is 10.6 Å². The van der Waals surface area contributed by atoms with E-state index in [1.165, 1.54) is 62.7 Å². The lowest BCUT2D eigenvalue weighted by Crippen LogP contribution is -3.28. The van der Waals surface area contributed by atoms with Gasteiger partial charge in [0.15, 0.2) is 5.92 Å². The molecule has 5 saturated heterocycles. The molecule has 0 aromatic carbocycles. The molecule has 0 saturated carbocycles. The molecule has 12 heteroatoms. The van der Waals surface area contributed by atoms with Gasteiger partial charge >= 0.3 is 5.97 Å². The van der Waals surface area contributed by atoms with E-state index in [0.717, 1.165) is 103 Å². The van der Waals surface area contributed by atoms with E-state index in [2.05, 4.69) is 36.6 Å². The van der Waals surface area contributed by atoms with Crippen molar-refractivity contribution in [2.45, 2.75) is 235 Å². The topological polar surface area (TPSA) is 166 Å². The van der Waals surface area contributed by atoms with Gasteiger partial charge in [-0.05, 0) is 83.7 Å². The highest BCUT2D eigenvalue weighted by molar-refractivity contribution is 5.76. The third-order valence-electron chi connectivity index (χ3n) is 14.1. The van der Waals surface area contributed by atoms with E-state index < -0.39 is 11.8 Å². The number of nitrogens with one attached hydrogen (secondary N) is 3. The van der Waals surface area contributed by atoms with Gasteiger partial charge in [0, 0.05) is 38.8 Å². The molecule has 12 nitrogen and oxygen atoms in total. The maximum atomic E-state index is 14.2. The number of hydrogen-bond acceptors (Lipinski definition) is 10. The monoisotopic (exact) mass is 832 g/mol. The molecule has 1 amide bonds. The summed E-state index contributed by atoms with van der Waals surface area (Å²) in [7, 11) is 0. The van der Waals surface area contributed by atoms with Gasteiger partial charge in [-0.2, -0.15) is 0 Å². The number of unbranched alkanes of at least 4 members (excludes halogenated alkanes) is 12. The number of rotatable bonds is 28. The van der Waals surface area contributed by atoms with Crippen LogP contribution in [0.5, 0.6) is 0 Å². The van der Waals surface area contributed by atoms with Crippen molar-refractivity contribution in [3.05, 3.63) is 12.2 Å². The fourth-order valence-electron chi connectivity index (χ4n) is 11.2. The van der Waals surface area contributed by atoms with Crippen LogP contribution in [0.3, 0.4) is 0 Å². The first-order chi connectivity index (χ1) is 28.8. The standard InChI is InChI=1S/C47H86N6O6/c1-3-5-22-40-27-30-46(58-40)35-37-25-26-41-43(47(51-45(50-46)53(37)41)29-19-23-39(59-47)21-4-2)44(56)57-34-18-16-14-12-10-8-6-7-9-11-13-15-17-24-42(55)52(33-20-31-48)36-38(54)28-32-49/h5,22,37-41,43,45,50-51,54H,3-4,6-21,23-36,48-49H2,1-2H3/p+1/b22-5+/t37-,38?,39+,40-,41+,43+,45?,46-,47+/m1/s1. The fourth-order valence-corrected chi connectivity index (χ4v) is 11.2. The summed E-state index contributed by atoms with van der Waals surface area (Å²) in [4.78, 5) is 30.2. The number of aliphatic hydroxyl groups is 1. The van der Waals surface area contributed by atoms with Gasteiger partial charge in [0.25, 0.3) is 0 Å². The molecular weight excluding hydrogens is 745 g/mol. The van der Waals surface area contributed by atoms with Gasteiger partial charge in [0.2, 0.25) is 12.2 Å². The Balaban J connectivity index is 0.951. The molecule has 2 spiro atoms. The molecule has 5 rings (SSSR count). The predicted molar refractivity (Wildman–Crippen MR) is 234 cm³/mol. The quantitative estimate of drug-likeness (QED) is 0.0328. The van der Waals surface area contributed by atoms with Gasteiger partial charge in [-0.1, -0.05) is 103 Å². The highest BCUT2D eigenvalue weighted by atomic mass is 16.6. The molecule has 3 unspecified atom stereocenters. The molecule has 5 aliphatic rings. The van der Waals surface area contributed by atoms with Crippen molar-refractivity contribution in [3.63, 3.8) is 0 Å². The van der Waals surface area contributed by atoms with Gasteiger partial charge in [-0.15, -0.1) is 0 Å². The first-order valence-corrected chi connectivity index (χ1v) is 24.7. The van der Waals surface area contributed by atoms with Crippen LogP contribution in [0.4, 0.5) is 0 Å². The minimum Gasteiger partial charge on any atom is -0.465 e. The largest absolute Gasteiger partial charge is 0.465 e. The van der Waals surface area contributed by atoms with E-state index in [4.69, 9.17) is 25.7 Å². The number of ether oxygens (including phenoxy) is 3. The number of amides is 1. The second kappa shape index (κ2) is 25.5. The van der Waals surface area contributed by atoms with Crippen LogP contribution in [-0.4, -0.2) is 103 Å². The van der Waals surface area contributed by atoms with Gasteiger partial charge in [0.1, 0.15) is 17.5 Å². The predicted octanol–water partition coefficient (Wildman–Crippen LogP) is 5.70. The smallest absolute Gasteiger partial charge is 0.319 e. The van der Waals surface area contributed by atoms with Crippen molar-refractivity contribution in [2.75, 3.05) is 32.8 Å². The van der Waals surface area contributed by atoms with Crippen molar-refractivity contribution in [1.82, 2.24) is 15.5 Å². The van der Waals surface area contributed by atoms with Crippen LogP contribution in [0.1, 0.15) is 187 Å². The summed E-state index contributed by atoms with van der Waals surface area (Å²) < 4.78 is 20.0. The summed E-state index contributed by atoms with van der Waals surface area (Å²) >= 11 is 0. The molecule has 5 heterocycles. The van der Waals surface area contributed by atoms with Crippen LogP contribution in [0, 0.1) is 5.92 Å². The number of allylic oxidation sites excluding steroid dienone is 1. The maximum Gasteiger partial charge on any atom is 0.319 e. The Labute approximate surface area is 358 Å². The third kappa shape index (κ3) is 14.2. The molecule has 0 bridgehead atoms. The first kappa shape index (κ1) is 48.4. The van der Waals surface area contributed by atoms with Crippen LogP contribution in [-0.2, 0) is 23.8 Å². The number of esters is 1. The Morgan fingerprint density at radius 1 is 0.881 bits per heavy atom. The minimum absolute atomic E-state index is 0.00594. The van der Waals surface area contributed by atoms with E-state index in [1.54, 1.807) is 4.90 Å². The lowest BCUT2D eigenvalue weighted by Gasteiger charge is -2.57. The SMILES string of the molecule is CC/C=C/[C@@H]1CC[C@]2(C[C@H]3CC[C@H]4[C@@H](C(=O)OCCCCCCCCCCCCCCCC(=O)N(CCCN)CC(O)CCN)[C@@]5(CCC[C@H](CCC)O5)NC(N2)[NH+]34)O1. The van der Waals surface area contributed by atoms with Crippen LogP contribution < -0.4 is 27.0 Å². The average molecular weight is 832 g/mol. The average Bonchev–Trinajstić information content (AvgIpc) is 3.82. The molecule has 59 heavy (non-hydrogen) atoms. The molecular formula is C47H87N6O6+. The molecule has 10 atom stereocenters. The zero-order valence-corrected chi connectivity index (χ0v) is 37.4.